The summed E-state index contributed by atoms with van der Waals surface area (Å²) in [7, 11) is 1.54. The van der Waals surface area contributed by atoms with E-state index in [-0.39, 0.29) is 12.4 Å². The first-order valence-corrected chi connectivity index (χ1v) is 5.34. The Labute approximate surface area is 104 Å². The van der Waals surface area contributed by atoms with Crippen molar-refractivity contribution >= 4 is 12.2 Å². The summed E-state index contributed by atoms with van der Waals surface area (Å²) in [6.45, 7) is -0.186. The Kier molecular flexibility index (Phi) is 3.64. The number of hydrogen-bond donors (Lipinski definition) is 2. The minimum absolute atomic E-state index is 0.122. The van der Waals surface area contributed by atoms with Crippen LogP contribution in [-0.2, 0) is 6.61 Å². The third kappa shape index (κ3) is 2.70. The average Bonchev–Trinajstić information content (AvgIpc) is 2.85. The average molecular weight is 247 g/mol. The van der Waals surface area contributed by atoms with Crippen LogP contribution in [0.3, 0.4) is 0 Å². The summed E-state index contributed by atoms with van der Waals surface area (Å²) in [5.41, 5.74) is 1.22. The van der Waals surface area contributed by atoms with Crippen molar-refractivity contribution in [2.45, 2.75) is 6.61 Å². The molecule has 5 heteroatoms. The van der Waals surface area contributed by atoms with Gasteiger partial charge >= 0.3 is 0 Å². The Balaban J connectivity index is 2.18. The van der Waals surface area contributed by atoms with Gasteiger partial charge in [0.2, 0.25) is 0 Å². The molecule has 2 N–H and O–H groups in total. The fraction of sp³-hybridized carbons (Fsp3) is 0.154. The molecule has 2 aromatic rings. The van der Waals surface area contributed by atoms with Crippen molar-refractivity contribution in [3.63, 3.8) is 0 Å². The summed E-state index contributed by atoms with van der Waals surface area (Å²) in [5, 5.41) is 22.3. The molecule has 0 radical (unpaired) electrons. The highest BCUT2D eigenvalue weighted by atomic mass is 16.5. The van der Waals surface area contributed by atoms with E-state index in [9.17, 15) is 5.11 Å². The lowest BCUT2D eigenvalue weighted by Crippen LogP contribution is -1.83. The van der Waals surface area contributed by atoms with Crippen molar-refractivity contribution < 1.29 is 19.5 Å². The van der Waals surface area contributed by atoms with Gasteiger partial charge in [-0.25, -0.2) is 0 Å². The topological polar surface area (TPSA) is 75.7 Å². The van der Waals surface area contributed by atoms with Gasteiger partial charge in [-0.05, 0) is 24.3 Å². The summed E-state index contributed by atoms with van der Waals surface area (Å²) in [6.07, 6.45) is 3.39. The van der Waals surface area contributed by atoms with Gasteiger partial charge in [-0.1, -0.05) is 5.16 Å². The van der Waals surface area contributed by atoms with Gasteiger partial charge in [-0.2, -0.15) is 0 Å². The van der Waals surface area contributed by atoms with Crippen LogP contribution in [0.2, 0.25) is 0 Å². The first kappa shape index (κ1) is 12.2. The second kappa shape index (κ2) is 5.37. The van der Waals surface area contributed by atoms with E-state index < -0.39 is 0 Å². The number of nitrogens with zero attached hydrogens (tertiary/aromatic N) is 1. The first-order valence-electron chi connectivity index (χ1n) is 5.34. The molecule has 0 unspecified atom stereocenters. The molecule has 0 aliphatic carbocycles. The molecule has 1 heterocycles. The molecule has 0 fully saturated rings. The highest BCUT2D eigenvalue weighted by molar-refractivity contribution is 5.71. The van der Waals surface area contributed by atoms with Gasteiger partial charge in [0.15, 0.2) is 5.76 Å². The van der Waals surface area contributed by atoms with E-state index in [1.165, 1.54) is 13.2 Å². The zero-order valence-electron chi connectivity index (χ0n) is 9.83. The summed E-state index contributed by atoms with van der Waals surface area (Å²) in [6, 6.07) is 6.64. The number of aliphatic hydroxyl groups is 1. The molecule has 0 spiro atoms. The number of methoxy groups -OCH3 is 1. The van der Waals surface area contributed by atoms with Crippen molar-refractivity contribution in [3.8, 4) is 11.5 Å². The van der Waals surface area contributed by atoms with E-state index >= 15 is 0 Å². The van der Waals surface area contributed by atoms with Crippen molar-refractivity contribution in [2.75, 3.05) is 7.11 Å². The van der Waals surface area contributed by atoms with Gasteiger partial charge in [0.05, 0.1) is 7.11 Å². The molecule has 0 bridgehead atoms. The lowest BCUT2D eigenvalue weighted by molar-refractivity contribution is 0.229. The van der Waals surface area contributed by atoms with Crippen LogP contribution < -0.4 is 4.74 Å². The Morgan fingerprint density at radius 3 is 2.78 bits per heavy atom. The predicted molar refractivity (Wildman–Crippen MR) is 66.0 cm³/mol. The number of aromatic nitrogens is 1. The highest BCUT2D eigenvalue weighted by Crippen LogP contribution is 2.25. The van der Waals surface area contributed by atoms with Crippen molar-refractivity contribution in [2.24, 2.45) is 0 Å². The van der Waals surface area contributed by atoms with E-state index in [4.69, 9.17) is 14.4 Å². The zero-order chi connectivity index (χ0) is 13.0. The molecule has 1 aromatic heterocycles. The minimum Gasteiger partial charge on any atom is -0.507 e. The van der Waals surface area contributed by atoms with Gasteiger partial charge in [-0.3, -0.25) is 0 Å². The SMILES string of the molecule is COc1ccc(/C=C/c2cc(CO)on2)c(O)c1. The molecule has 0 aliphatic rings. The number of phenolic OH excluding ortho intramolecular Hbond substituents is 1. The third-order valence-electron chi connectivity index (χ3n) is 2.40. The number of rotatable bonds is 4. The molecule has 0 saturated heterocycles. The van der Waals surface area contributed by atoms with Crippen LogP contribution in [0, 0.1) is 0 Å². The number of hydrogen-bond acceptors (Lipinski definition) is 5. The Bertz CT molecular complexity index is 560. The van der Waals surface area contributed by atoms with Gasteiger partial charge in [0, 0.05) is 17.7 Å². The second-order valence-corrected chi connectivity index (χ2v) is 3.63. The third-order valence-corrected chi connectivity index (χ3v) is 2.40. The smallest absolute Gasteiger partial charge is 0.162 e. The molecule has 0 aliphatic heterocycles. The van der Waals surface area contributed by atoms with E-state index in [2.05, 4.69) is 5.16 Å². The highest BCUT2D eigenvalue weighted by Gasteiger charge is 2.02. The maximum absolute atomic E-state index is 9.74. The van der Waals surface area contributed by atoms with Crippen LogP contribution in [0.5, 0.6) is 11.5 Å². The Morgan fingerprint density at radius 1 is 1.33 bits per heavy atom. The van der Waals surface area contributed by atoms with Gasteiger partial charge < -0.3 is 19.5 Å². The molecule has 5 nitrogen and oxygen atoms in total. The maximum atomic E-state index is 9.74. The lowest BCUT2D eigenvalue weighted by atomic mass is 10.1. The number of phenols is 1. The molecule has 1 aromatic carbocycles. The summed E-state index contributed by atoms with van der Waals surface area (Å²) < 4.78 is 9.83. The molecular weight excluding hydrogens is 234 g/mol. The molecule has 2 rings (SSSR count). The normalized spacial score (nSPS) is 11.0. The van der Waals surface area contributed by atoms with Crippen molar-refractivity contribution in [1.29, 1.82) is 0 Å². The Hall–Kier alpha value is -2.27. The van der Waals surface area contributed by atoms with Crippen LogP contribution >= 0.6 is 0 Å². The van der Waals surface area contributed by atoms with E-state index in [1.54, 1.807) is 30.4 Å². The fourth-order valence-corrected chi connectivity index (χ4v) is 1.45. The van der Waals surface area contributed by atoms with E-state index in [0.29, 0.717) is 22.8 Å². The molecular formula is C13H13NO4. The maximum Gasteiger partial charge on any atom is 0.162 e. The first-order chi connectivity index (χ1) is 8.72. The van der Waals surface area contributed by atoms with Gasteiger partial charge in [0.25, 0.3) is 0 Å². The Morgan fingerprint density at radius 2 is 2.17 bits per heavy atom. The summed E-state index contributed by atoms with van der Waals surface area (Å²) >= 11 is 0. The van der Waals surface area contributed by atoms with E-state index in [1.807, 2.05) is 0 Å². The minimum atomic E-state index is -0.186. The van der Waals surface area contributed by atoms with Crippen molar-refractivity contribution in [3.05, 3.63) is 41.3 Å². The standard InChI is InChI=1S/C13H13NO4/c1-17-11-5-3-9(13(16)7-11)2-4-10-6-12(8-15)18-14-10/h2-7,15-16H,8H2,1H3/b4-2+. The summed E-state index contributed by atoms with van der Waals surface area (Å²) in [4.78, 5) is 0. The molecule has 0 amide bonds. The van der Waals surface area contributed by atoms with Crippen LogP contribution in [0.25, 0.3) is 12.2 Å². The predicted octanol–water partition coefficient (Wildman–Crippen LogP) is 2.05. The van der Waals surface area contributed by atoms with Crippen molar-refractivity contribution in [1.82, 2.24) is 5.16 Å². The molecule has 0 saturated carbocycles. The monoisotopic (exact) mass is 247 g/mol. The largest absolute Gasteiger partial charge is 0.507 e. The number of aromatic hydroxyl groups is 1. The second-order valence-electron chi connectivity index (χ2n) is 3.63. The molecule has 18 heavy (non-hydrogen) atoms. The summed E-state index contributed by atoms with van der Waals surface area (Å²) in [5.74, 6) is 1.11. The quantitative estimate of drug-likeness (QED) is 0.864. The fourth-order valence-electron chi connectivity index (χ4n) is 1.45. The molecule has 94 valence electrons. The molecule has 0 atom stereocenters. The number of aliphatic hydroxyl groups excluding tert-OH is 1. The number of benzene rings is 1. The van der Waals surface area contributed by atoms with Crippen LogP contribution in [0.1, 0.15) is 17.0 Å². The zero-order valence-corrected chi connectivity index (χ0v) is 9.83. The van der Waals surface area contributed by atoms with Crippen LogP contribution in [0.15, 0.2) is 28.8 Å². The van der Waals surface area contributed by atoms with Crippen LogP contribution in [-0.4, -0.2) is 22.5 Å². The number of ether oxygens (including phenoxy) is 1. The van der Waals surface area contributed by atoms with Crippen LogP contribution in [0.4, 0.5) is 0 Å². The van der Waals surface area contributed by atoms with Gasteiger partial charge in [-0.15, -0.1) is 0 Å². The van der Waals surface area contributed by atoms with Gasteiger partial charge in [0.1, 0.15) is 23.8 Å². The van der Waals surface area contributed by atoms with E-state index in [0.717, 1.165) is 0 Å². The lowest BCUT2D eigenvalue weighted by Gasteiger charge is -2.02.